The molecule has 1 aliphatic rings. The minimum atomic E-state index is -0.786. The third-order valence-corrected chi connectivity index (χ3v) is 7.35. The standard InChI is InChI=1S/C33H37FO5/c34-28-18-14-24(15-19-28)21-38-23-30-29(10-6-1-2-7-11-33(36)37)32(20-31(30)35)39-22-25-12-16-27(17-13-25)26-8-4-3-5-9-26/h1,3-6,8-9,12-19,29-32,35H,2,7,10-11,20-23H2,(H,36,37)/b6-1-/t29-,30-,31+,32-/m1/s1. The van der Waals surface area contributed by atoms with E-state index in [4.69, 9.17) is 14.6 Å². The maximum absolute atomic E-state index is 13.2. The number of hydrogen-bond donors (Lipinski definition) is 2. The smallest absolute Gasteiger partial charge is 0.303 e. The monoisotopic (exact) mass is 532 g/mol. The lowest BCUT2D eigenvalue weighted by Crippen LogP contribution is -2.27. The molecule has 1 saturated carbocycles. The molecule has 0 unspecified atom stereocenters. The molecule has 4 atom stereocenters. The molecule has 0 spiro atoms. The van der Waals surface area contributed by atoms with Gasteiger partial charge in [-0.05, 0) is 59.6 Å². The number of ether oxygens (including phenoxy) is 2. The van der Waals surface area contributed by atoms with Gasteiger partial charge >= 0.3 is 5.97 Å². The summed E-state index contributed by atoms with van der Waals surface area (Å²) >= 11 is 0. The molecule has 1 fully saturated rings. The van der Waals surface area contributed by atoms with Gasteiger partial charge in [-0.2, -0.15) is 0 Å². The lowest BCUT2D eigenvalue weighted by Gasteiger charge is -2.25. The van der Waals surface area contributed by atoms with E-state index in [0.29, 0.717) is 45.5 Å². The van der Waals surface area contributed by atoms with Crippen molar-refractivity contribution in [3.05, 3.63) is 108 Å². The molecule has 6 heteroatoms. The quantitative estimate of drug-likeness (QED) is 0.177. The first-order chi connectivity index (χ1) is 19.0. The van der Waals surface area contributed by atoms with Gasteiger partial charge in [0.1, 0.15) is 5.82 Å². The summed E-state index contributed by atoms with van der Waals surface area (Å²) in [7, 11) is 0. The predicted octanol–water partition coefficient (Wildman–Crippen LogP) is 6.79. The average molecular weight is 533 g/mol. The molecule has 0 radical (unpaired) electrons. The highest BCUT2D eigenvalue weighted by atomic mass is 19.1. The zero-order chi connectivity index (χ0) is 27.5. The van der Waals surface area contributed by atoms with Crippen molar-refractivity contribution in [2.45, 2.75) is 57.5 Å². The largest absolute Gasteiger partial charge is 0.481 e. The number of allylic oxidation sites excluding steroid dienone is 2. The maximum atomic E-state index is 13.2. The van der Waals surface area contributed by atoms with Gasteiger partial charge in [0.25, 0.3) is 0 Å². The fourth-order valence-corrected chi connectivity index (χ4v) is 5.16. The Morgan fingerprint density at radius 1 is 0.872 bits per heavy atom. The van der Waals surface area contributed by atoms with E-state index in [1.165, 1.54) is 17.7 Å². The van der Waals surface area contributed by atoms with E-state index in [1.54, 1.807) is 12.1 Å². The predicted molar refractivity (Wildman–Crippen MR) is 149 cm³/mol. The van der Waals surface area contributed by atoms with Crippen LogP contribution in [0.5, 0.6) is 0 Å². The SMILES string of the molecule is O=C(O)CCC/C=C\C[C@@H]1[C@@H](COCc2ccc(F)cc2)[C@@H](O)C[C@H]1OCc1ccc(-c2ccccc2)cc1. The van der Waals surface area contributed by atoms with Crippen LogP contribution < -0.4 is 0 Å². The second-order valence-electron chi connectivity index (χ2n) is 10.2. The van der Waals surface area contributed by atoms with Crippen LogP contribution in [0.3, 0.4) is 0 Å². The Labute approximate surface area is 229 Å². The van der Waals surface area contributed by atoms with Crippen molar-refractivity contribution in [1.29, 1.82) is 0 Å². The van der Waals surface area contributed by atoms with Gasteiger partial charge in [0.15, 0.2) is 0 Å². The van der Waals surface area contributed by atoms with Crippen LogP contribution >= 0.6 is 0 Å². The molecule has 3 aromatic carbocycles. The minimum absolute atomic E-state index is 0.0625. The Hall–Kier alpha value is -3.32. The van der Waals surface area contributed by atoms with Crippen molar-refractivity contribution in [2.75, 3.05) is 6.61 Å². The molecule has 3 aromatic rings. The number of aliphatic hydroxyl groups excluding tert-OH is 1. The summed E-state index contributed by atoms with van der Waals surface area (Å²) in [5, 5.41) is 19.8. The normalized spacial score (nSPS) is 21.0. The number of rotatable bonds is 14. The van der Waals surface area contributed by atoms with Gasteiger partial charge in [-0.25, -0.2) is 4.39 Å². The molecular weight excluding hydrogens is 495 g/mol. The van der Waals surface area contributed by atoms with Crippen LogP contribution in [0.4, 0.5) is 4.39 Å². The maximum Gasteiger partial charge on any atom is 0.303 e. The van der Waals surface area contributed by atoms with Gasteiger partial charge in [-0.3, -0.25) is 4.79 Å². The van der Waals surface area contributed by atoms with E-state index in [2.05, 4.69) is 42.5 Å². The van der Waals surface area contributed by atoms with Crippen LogP contribution in [0.2, 0.25) is 0 Å². The summed E-state index contributed by atoms with van der Waals surface area (Å²) in [5.41, 5.74) is 4.27. The number of benzene rings is 3. The molecule has 0 aromatic heterocycles. The Morgan fingerprint density at radius 3 is 2.26 bits per heavy atom. The van der Waals surface area contributed by atoms with E-state index in [-0.39, 0.29) is 30.2 Å². The van der Waals surface area contributed by atoms with Gasteiger partial charge in [-0.15, -0.1) is 0 Å². The molecule has 4 rings (SSSR count). The first kappa shape index (κ1) is 28.7. The topological polar surface area (TPSA) is 76.0 Å². The van der Waals surface area contributed by atoms with Gasteiger partial charge in [0.05, 0.1) is 32.0 Å². The molecule has 0 saturated heterocycles. The highest BCUT2D eigenvalue weighted by molar-refractivity contribution is 5.66. The fourth-order valence-electron chi connectivity index (χ4n) is 5.16. The Morgan fingerprint density at radius 2 is 1.54 bits per heavy atom. The first-order valence-electron chi connectivity index (χ1n) is 13.6. The Balaban J connectivity index is 1.35. The molecular formula is C33H37FO5. The molecule has 0 amide bonds. The zero-order valence-electron chi connectivity index (χ0n) is 22.1. The molecule has 206 valence electrons. The molecule has 1 aliphatic carbocycles. The van der Waals surface area contributed by atoms with E-state index < -0.39 is 12.1 Å². The van der Waals surface area contributed by atoms with Crippen molar-refractivity contribution in [2.24, 2.45) is 11.8 Å². The first-order valence-corrected chi connectivity index (χ1v) is 13.6. The van der Waals surface area contributed by atoms with Crippen LogP contribution in [0.25, 0.3) is 11.1 Å². The van der Waals surface area contributed by atoms with E-state index in [0.717, 1.165) is 16.7 Å². The van der Waals surface area contributed by atoms with Crippen molar-refractivity contribution < 1.29 is 28.9 Å². The highest BCUT2D eigenvalue weighted by Gasteiger charge is 2.42. The summed E-state index contributed by atoms with van der Waals surface area (Å²) in [6.45, 7) is 1.18. The number of aliphatic carboxylic acids is 1. The van der Waals surface area contributed by atoms with Gasteiger partial charge in [0.2, 0.25) is 0 Å². The number of carboxylic acid groups (broad SMARTS) is 1. The van der Waals surface area contributed by atoms with Crippen molar-refractivity contribution in [3.63, 3.8) is 0 Å². The molecule has 39 heavy (non-hydrogen) atoms. The third-order valence-electron chi connectivity index (χ3n) is 7.35. The minimum Gasteiger partial charge on any atom is -0.481 e. The van der Waals surface area contributed by atoms with Gasteiger partial charge < -0.3 is 19.7 Å². The lowest BCUT2D eigenvalue weighted by atomic mass is 9.91. The highest BCUT2D eigenvalue weighted by Crippen LogP contribution is 2.38. The number of hydrogen-bond acceptors (Lipinski definition) is 4. The van der Waals surface area contributed by atoms with E-state index >= 15 is 0 Å². The van der Waals surface area contributed by atoms with Crippen LogP contribution in [0.1, 0.15) is 43.2 Å². The molecule has 2 N–H and O–H groups in total. The van der Waals surface area contributed by atoms with Crippen LogP contribution in [0.15, 0.2) is 91.0 Å². The fraction of sp³-hybridized carbons (Fsp3) is 0.364. The number of aliphatic hydroxyl groups is 1. The third kappa shape index (κ3) is 8.85. The number of carbonyl (C=O) groups is 1. The molecule has 0 heterocycles. The summed E-state index contributed by atoms with van der Waals surface area (Å²) in [4.78, 5) is 10.8. The second-order valence-corrected chi connectivity index (χ2v) is 10.2. The molecule has 0 bridgehead atoms. The number of halogens is 1. The zero-order valence-corrected chi connectivity index (χ0v) is 22.1. The summed E-state index contributed by atoms with van der Waals surface area (Å²) in [5.74, 6) is -1.10. The lowest BCUT2D eigenvalue weighted by molar-refractivity contribution is -0.137. The van der Waals surface area contributed by atoms with Crippen LogP contribution in [-0.4, -0.2) is 35.0 Å². The number of unbranched alkanes of at least 4 members (excludes halogenated alkanes) is 1. The van der Waals surface area contributed by atoms with Crippen molar-refractivity contribution in [3.8, 4) is 11.1 Å². The van der Waals surface area contributed by atoms with Crippen LogP contribution in [-0.2, 0) is 27.5 Å². The van der Waals surface area contributed by atoms with Crippen LogP contribution in [0, 0.1) is 17.7 Å². The van der Waals surface area contributed by atoms with Gasteiger partial charge in [0, 0.05) is 18.8 Å². The molecule has 0 aliphatic heterocycles. The average Bonchev–Trinajstić information content (AvgIpc) is 3.25. The molecule has 5 nitrogen and oxygen atoms in total. The Bertz CT molecular complexity index is 1180. The number of carboxylic acids is 1. The second kappa shape index (κ2) is 14.7. The van der Waals surface area contributed by atoms with Crippen molar-refractivity contribution in [1.82, 2.24) is 0 Å². The summed E-state index contributed by atoms with van der Waals surface area (Å²) < 4.78 is 25.5. The summed E-state index contributed by atoms with van der Waals surface area (Å²) in [6.07, 6.45) is 6.12. The van der Waals surface area contributed by atoms with Gasteiger partial charge in [-0.1, -0.05) is 78.9 Å². The summed E-state index contributed by atoms with van der Waals surface area (Å²) in [6, 6.07) is 24.8. The van der Waals surface area contributed by atoms with E-state index in [9.17, 15) is 14.3 Å². The van der Waals surface area contributed by atoms with Crippen molar-refractivity contribution >= 4 is 5.97 Å². The van der Waals surface area contributed by atoms with E-state index in [1.807, 2.05) is 24.3 Å². The Kier molecular flexibility index (Phi) is 10.8.